The van der Waals surface area contributed by atoms with Crippen molar-refractivity contribution in [2.75, 3.05) is 32.8 Å². The standard InChI is InChI=1S/C18H24N2O4/c1-3-24-16-6-4-15(5-7-16)17(22)8-9-18(23)20-12-10-19(11-13-20)14(2)21/h4-7H,3,8-13H2,1-2H3. The first kappa shape index (κ1) is 18.0. The molecule has 0 aliphatic carbocycles. The van der Waals surface area contributed by atoms with Crippen molar-refractivity contribution in [2.45, 2.75) is 26.7 Å². The lowest BCUT2D eigenvalue weighted by Gasteiger charge is -2.34. The van der Waals surface area contributed by atoms with Crippen molar-refractivity contribution >= 4 is 17.6 Å². The van der Waals surface area contributed by atoms with Crippen LogP contribution in [0.4, 0.5) is 0 Å². The predicted octanol–water partition coefficient (Wildman–Crippen LogP) is 1.74. The third-order valence-electron chi connectivity index (χ3n) is 4.13. The number of rotatable bonds is 6. The maximum Gasteiger partial charge on any atom is 0.223 e. The molecule has 1 fully saturated rings. The van der Waals surface area contributed by atoms with Gasteiger partial charge in [0.15, 0.2) is 5.78 Å². The lowest BCUT2D eigenvalue weighted by Crippen LogP contribution is -2.50. The second kappa shape index (κ2) is 8.47. The summed E-state index contributed by atoms with van der Waals surface area (Å²) >= 11 is 0. The first-order valence-corrected chi connectivity index (χ1v) is 8.30. The number of hydrogen-bond donors (Lipinski definition) is 0. The molecular formula is C18H24N2O4. The van der Waals surface area contributed by atoms with E-state index < -0.39 is 0 Å². The van der Waals surface area contributed by atoms with Crippen molar-refractivity contribution in [3.05, 3.63) is 29.8 Å². The predicted molar refractivity (Wildman–Crippen MR) is 90.0 cm³/mol. The van der Waals surface area contributed by atoms with E-state index in [1.165, 1.54) is 6.92 Å². The van der Waals surface area contributed by atoms with Crippen molar-refractivity contribution in [2.24, 2.45) is 0 Å². The van der Waals surface area contributed by atoms with Crippen LogP contribution in [0.5, 0.6) is 5.75 Å². The highest BCUT2D eigenvalue weighted by atomic mass is 16.5. The fourth-order valence-electron chi connectivity index (χ4n) is 2.70. The van der Waals surface area contributed by atoms with E-state index in [4.69, 9.17) is 4.74 Å². The zero-order valence-electron chi connectivity index (χ0n) is 14.3. The molecule has 0 aromatic heterocycles. The lowest BCUT2D eigenvalue weighted by molar-refractivity contribution is -0.138. The van der Waals surface area contributed by atoms with Crippen molar-refractivity contribution in [1.82, 2.24) is 9.80 Å². The summed E-state index contributed by atoms with van der Waals surface area (Å²) in [7, 11) is 0. The van der Waals surface area contributed by atoms with Gasteiger partial charge >= 0.3 is 0 Å². The summed E-state index contributed by atoms with van der Waals surface area (Å²) in [6, 6.07) is 6.98. The van der Waals surface area contributed by atoms with E-state index in [2.05, 4.69) is 0 Å². The normalized spacial score (nSPS) is 14.4. The van der Waals surface area contributed by atoms with Crippen LogP contribution >= 0.6 is 0 Å². The quantitative estimate of drug-likeness (QED) is 0.744. The Morgan fingerprint density at radius 1 is 0.958 bits per heavy atom. The van der Waals surface area contributed by atoms with Crippen LogP contribution in [0.1, 0.15) is 37.0 Å². The van der Waals surface area contributed by atoms with E-state index in [9.17, 15) is 14.4 Å². The molecule has 1 aromatic carbocycles. The second-order valence-corrected chi connectivity index (χ2v) is 5.77. The Balaban J connectivity index is 1.79. The molecule has 0 bridgehead atoms. The van der Waals surface area contributed by atoms with Crippen LogP contribution in [0.2, 0.25) is 0 Å². The summed E-state index contributed by atoms with van der Waals surface area (Å²) < 4.78 is 5.34. The van der Waals surface area contributed by atoms with Crippen molar-refractivity contribution in [3.63, 3.8) is 0 Å². The molecule has 1 saturated heterocycles. The highest BCUT2D eigenvalue weighted by Crippen LogP contribution is 2.14. The number of carbonyl (C=O) groups excluding carboxylic acids is 3. The number of nitrogens with zero attached hydrogens (tertiary/aromatic N) is 2. The number of ether oxygens (including phenoxy) is 1. The minimum Gasteiger partial charge on any atom is -0.494 e. The monoisotopic (exact) mass is 332 g/mol. The molecule has 1 aromatic rings. The fourth-order valence-corrected chi connectivity index (χ4v) is 2.70. The second-order valence-electron chi connectivity index (χ2n) is 5.77. The van der Waals surface area contributed by atoms with Gasteiger partial charge in [0, 0.05) is 51.5 Å². The van der Waals surface area contributed by atoms with Crippen LogP contribution in [0.25, 0.3) is 0 Å². The number of Topliss-reactive ketones (excluding diaryl/α,β-unsaturated/α-hetero) is 1. The van der Waals surface area contributed by atoms with Crippen LogP contribution in [0.15, 0.2) is 24.3 Å². The van der Waals surface area contributed by atoms with Gasteiger partial charge in [-0.3, -0.25) is 14.4 Å². The summed E-state index contributed by atoms with van der Waals surface area (Å²) in [4.78, 5) is 39.1. The Morgan fingerprint density at radius 3 is 2.08 bits per heavy atom. The molecule has 1 heterocycles. The number of ketones is 1. The molecular weight excluding hydrogens is 308 g/mol. The SMILES string of the molecule is CCOc1ccc(C(=O)CCC(=O)N2CCN(C(C)=O)CC2)cc1. The molecule has 6 heteroatoms. The first-order chi connectivity index (χ1) is 11.5. The van der Waals surface area contributed by atoms with E-state index in [0.717, 1.165) is 5.75 Å². The minimum absolute atomic E-state index is 0.0301. The van der Waals surface area contributed by atoms with Gasteiger partial charge in [-0.1, -0.05) is 0 Å². The Bertz CT molecular complexity index is 590. The van der Waals surface area contributed by atoms with Crippen LogP contribution < -0.4 is 4.74 Å². The zero-order valence-corrected chi connectivity index (χ0v) is 14.3. The van der Waals surface area contributed by atoms with Gasteiger partial charge in [0.25, 0.3) is 0 Å². The van der Waals surface area contributed by atoms with Crippen molar-refractivity contribution in [1.29, 1.82) is 0 Å². The van der Waals surface area contributed by atoms with Gasteiger partial charge in [-0.2, -0.15) is 0 Å². The third-order valence-corrected chi connectivity index (χ3v) is 4.13. The lowest BCUT2D eigenvalue weighted by atomic mass is 10.1. The Labute approximate surface area is 142 Å². The van der Waals surface area contributed by atoms with Gasteiger partial charge < -0.3 is 14.5 Å². The highest BCUT2D eigenvalue weighted by Gasteiger charge is 2.22. The molecule has 0 spiro atoms. The van der Waals surface area contributed by atoms with Crippen LogP contribution in [-0.4, -0.2) is 60.2 Å². The topological polar surface area (TPSA) is 66.9 Å². The van der Waals surface area contributed by atoms with Gasteiger partial charge in [-0.15, -0.1) is 0 Å². The zero-order chi connectivity index (χ0) is 17.5. The molecule has 0 saturated carbocycles. The molecule has 2 amide bonds. The summed E-state index contributed by atoms with van der Waals surface area (Å²) in [5.74, 6) is 0.688. The molecule has 6 nitrogen and oxygen atoms in total. The van der Waals surface area contributed by atoms with Crippen LogP contribution in [-0.2, 0) is 9.59 Å². The molecule has 0 radical (unpaired) electrons. The van der Waals surface area contributed by atoms with Gasteiger partial charge in [0.05, 0.1) is 6.61 Å². The maximum absolute atomic E-state index is 12.2. The van der Waals surface area contributed by atoms with Gasteiger partial charge in [-0.05, 0) is 31.2 Å². The van der Waals surface area contributed by atoms with E-state index in [-0.39, 0.29) is 30.4 Å². The molecule has 0 atom stereocenters. The van der Waals surface area contributed by atoms with Crippen molar-refractivity contribution in [3.8, 4) is 5.75 Å². The summed E-state index contributed by atoms with van der Waals surface area (Å²) in [6.45, 7) is 6.22. The number of benzene rings is 1. The van der Waals surface area contributed by atoms with E-state index >= 15 is 0 Å². The average molecular weight is 332 g/mol. The molecule has 24 heavy (non-hydrogen) atoms. The van der Waals surface area contributed by atoms with E-state index in [1.807, 2.05) is 6.92 Å². The molecule has 130 valence electrons. The fraction of sp³-hybridized carbons (Fsp3) is 0.500. The molecule has 1 aliphatic heterocycles. The number of carbonyl (C=O) groups is 3. The minimum atomic E-state index is -0.0474. The summed E-state index contributed by atoms with van der Waals surface area (Å²) in [5, 5.41) is 0. The van der Waals surface area contributed by atoms with Crippen molar-refractivity contribution < 1.29 is 19.1 Å². The third kappa shape index (κ3) is 4.81. The van der Waals surface area contributed by atoms with Gasteiger partial charge in [-0.25, -0.2) is 0 Å². The van der Waals surface area contributed by atoms with Crippen LogP contribution in [0.3, 0.4) is 0 Å². The first-order valence-electron chi connectivity index (χ1n) is 8.30. The molecule has 0 unspecified atom stereocenters. The molecule has 1 aliphatic rings. The smallest absolute Gasteiger partial charge is 0.223 e. The maximum atomic E-state index is 12.2. The van der Waals surface area contributed by atoms with Crippen LogP contribution in [0, 0.1) is 0 Å². The van der Waals surface area contributed by atoms with Gasteiger partial charge in [0.1, 0.15) is 5.75 Å². The Hall–Kier alpha value is -2.37. The summed E-state index contributed by atoms with van der Waals surface area (Å²) in [6.07, 6.45) is 0.395. The number of hydrogen-bond acceptors (Lipinski definition) is 4. The molecule has 0 N–H and O–H groups in total. The highest BCUT2D eigenvalue weighted by molar-refractivity contribution is 5.98. The van der Waals surface area contributed by atoms with E-state index in [0.29, 0.717) is 38.3 Å². The Morgan fingerprint density at radius 2 is 1.54 bits per heavy atom. The average Bonchev–Trinajstić information content (AvgIpc) is 2.60. The number of amides is 2. The molecule has 2 rings (SSSR count). The van der Waals surface area contributed by atoms with Gasteiger partial charge in [0.2, 0.25) is 11.8 Å². The van der Waals surface area contributed by atoms with E-state index in [1.54, 1.807) is 34.1 Å². The summed E-state index contributed by atoms with van der Waals surface area (Å²) in [5.41, 5.74) is 0.590. The largest absolute Gasteiger partial charge is 0.494 e. The number of piperazine rings is 1. The Kier molecular flexibility index (Phi) is 6.35.